The van der Waals surface area contributed by atoms with E-state index in [0.717, 1.165) is 0 Å². The number of rotatable bonds is 2. The fourth-order valence-corrected chi connectivity index (χ4v) is 2.23. The van der Waals surface area contributed by atoms with Gasteiger partial charge in [-0.1, -0.05) is 23.4 Å². The van der Waals surface area contributed by atoms with Crippen molar-refractivity contribution in [3.05, 3.63) is 22.5 Å². The van der Waals surface area contributed by atoms with E-state index < -0.39 is 65.4 Å². The lowest BCUT2D eigenvalue weighted by Crippen LogP contribution is -2.33. The van der Waals surface area contributed by atoms with Crippen LogP contribution in [0.4, 0.5) is 14.6 Å². The molecule has 1 saturated heterocycles. The Hall–Kier alpha value is -0.730. The molecule has 2 rings (SSSR count). The normalized spacial score (nSPS) is 22.0. The number of nitrogens with two attached hydrogens (primary N) is 1. The molecule has 0 aliphatic carbocycles. The number of hydrogen-bond donors (Lipinski definition) is 11. The minimum atomic E-state index is -4.64. The second-order valence-electron chi connectivity index (χ2n) is 5.36. The number of aliphatic hydroxyl groups excluding tert-OH is 1. The van der Waals surface area contributed by atoms with Crippen LogP contribution >= 0.6 is 39.4 Å². The van der Waals surface area contributed by atoms with Crippen LogP contribution in [-0.2, 0) is 18.4 Å². The van der Waals surface area contributed by atoms with Crippen LogP contribution in [0.2, 0.25) is 0 Å². The van der Waals surface area contributed by atoms with Gasteiger partial charge in [0.2, 0.25) is 0 Å². The number of ether oxygens (including phenoxy) is 1. The lowest BCUT2D eigenvalue weighted by molar-refractivity contribution is -0.0163. The number of aliphatic hydroxyl groups is 1. The molecule has 12 N–H and O–H groups in total. The molecule has 1 aromatic heterocycles. The molecule has 0 saturated carbocycles. The van der Waals surface area contributed by atoms with E-state index in [-0.39, 0.29) is 12.8 Å². The fourth-order valence-electron chi connectivity index (χ4n) is 1.69. The molecule has 24 heteroatoms. The van der Waals surface area contributed by atoms with Crippen LogP contribution in [0.1, 0.15) is 13.7 Å². The topological polar surface area (TPSA) is 324 Å². The highest BCUT2D eigenvalue weighted by Crippen LogP contribution is 2.32. The van der Waals surface area contributed by atoms with Crippen LogP contribution in [0.15, 0.2) is 11.0 Å². The molecule has 0 radical (unpaired) electrons. The van der Waals surface area contributed by atoms with Gasteiger partial charge in [-0.05, 0) is 0 Å². The number of nitrogens with zero attached hydrogens (tertiary/aromatic N) is 2. The highest BCUT2D eigenvalue weighted by Gasteiger charge is 2.45. The van der Waals surface area contributed by atoms with Gasteiger partial charge in [0.25, 0.3) is 0 Å². The zero-order valence-corrected chi connectivity index (χ0v) is 19.8. The number of phosphoric acid groups is 3. The van der Waals surface area contributed by atoms with Gasteiger partial charge in [-0.25, -0.2) is 27.3 Å². The first kappa shape index (κ1) is 37.8. The van der Waals surface area contributed by atoms with Crippen molar-refractivity contribution in [2.24, 2.45) is 0 Å². The molecule has 1 aromatic rings. The smallest absolute Gasteiger partial charge is 0.387 e. The monoisotopic (exact) mass is 635 g/mol. The van der Waals surface area contributed by atoms with Gasteiger partial charge in [0.05, 0.1) is 12.3 Å². The van der Waals surface area contributed by atoms with Gasteiger partial charge < -0.3 is 59.6 Å². The van der Waals surface area contributed by atoms with Gasteiger partial charge in [-0.3, -0.25) is 4.57 Å². The van der Waals surface area contributed by atoms with Crippen molar-refractivity contribution in [2.45, 2.75) is 32.0 Å². The second kappa shape index (κ2) is 15.4. The molecule has 1 aliphatic rings. The van der Waals surface area contributed by atoms with Gasteiger partial charge in [0, 0.05) is 5.33 Å². The number of aromatic nitrogens is 2. The number of halogens is 3. The summed E-state index contributed by atoms with van der Waals surface area (Å²) >= 11 is 3.04. The molecule has 1 aliphatic heterocycles. The molecule has 2 heterocycles. The van der Waals surface area contributed by atoms with E-state index in [1.807, 2.05) is 0 Å². The third-order valence-electron chi connectivity index (χ3n) is 2.65. The molecule has 0 unspecified atom stereocenters. The minimum absolute atomic E-state index is 0. The molecule has 34 heavy (non-hydrogen) atoms. The maximum atomic E-state index is 13.8. The second-order valence-corrected chi connectivity index (χ2v) is 9.09. The van der Waals surface area contributed by atoms with Crippen LogP contribution in [0.5, 0.6) is 0 Å². The Balaban J connectivity index is -0.000000496. The van der Waals surface area contributed by atoms with Gasteiger partial charge in [-0.2, -0.15) is 4.98 Å². The van der Waals surface area contributed by atoms with Gasteiger partial charge >= 0.3 is 29.2 Å². The third kappa shape index (κ3) is 20.6. The highest BCUT2D eigenvalue weighted by atomic mass is 79.9. The zero-order valence-electron chi connectivity index (χ0n) is 15.6. The molecule has 0 amide bonds. The van der Waals surface area contributed by atoms with Crippen molar-refractivity contribution in [1.29, 1.82) is 0 Å². The average molecular weight is 636 g/mol. The molecule has 18 nitrogen and oxygen atoms in total. The SMILES string of the molecule is C.Nc1nc(=O)n([C@@H]2O[C@@H](CBr)[C@@H](O)[C@@H]2F)cc1F.O=P(O)(O)O.O=P(O)(O)O.O=P(O)(O)O. The van der Waals surface area contributed by atoms with E-state index in [4.69, 9.17) is 68.2 Å². The molecule has 0 aromatic carbocycles. The van der Waals surface area contributed by atoms with Gasteiger partial charge in [0.15, 0.2) is 24.0 Å². The summed E-state index contributed by atoms with van der Waals surface area (Å²) in [6, 6.07) is 0. The van der Waals surface area contributed by atoms with Crippen molar-refractivity contribution >= 4 is 45.2 Å². The van der Waals surface area contributed by atoms with E-state index >= 15 is 0 Å². The van der Waals surface area contributed by atoms with Gasteiger partial charge in [-0.15, -0.1) is 0 Å². The first-order valence-corrected chi connectivity index (χ1v) is 13.2. The maximum Gasteiger partial charge on any atom is 0.466 e. The van der Waals surface area contributed by atoms with E-state index in [2.05, 4.69) is 20.9 Å². The summed E-state index contributed by atoms with van der Waals surface area (Å²) in [6.45, 7) is 0. The summed E-state index contributed by atoms with van der Waals surface area (Å²) < 4.78 is 59.4. The highest BCUT2D eigenvalue weighted by molar-refractivity contribution is 9.09. The van der Waals surface area contributed by atoms with Crippen LogP contribution in [0.25, 0.3) is 0 Å². The molecule has 204 valence electrons. The molecule has 0 spiro atoms. The minimum Gasteiger partial charge on any atom is -0.387 e. The Morgan fingerprint density at radius 2 is 1.38 bits per heavy atom. The Labute approximate surface area is 197 Å². The summed E-state index contributed by atoms with van der Waals surface area (Å²) in [7, 11) is -13.9. The Bertz CT molecular complexity index is 880. The maximum absolute atomic E-state index is 13.8. The third-order valence-corrected chi connectivity index (χ3v) is 3.29. The number of hydrogen-bond acceptors (Lipinski definition) is 8. The molecule has 4 atom stereocenters. The summed E-state index contributed by atoms with van der Waals surface area (Å²) in [5.41, 5.74) is 4.17. The van der Waals surface area contributed by atoms with Crippen LogP contribution < -0.4 is 11.4 Å². The predicted molar refractivity (Wildman–Crippen MR) is 111 cm³/mol. The Morgan fingerprint density at radius 3 is 1.68 bits per heavy atom. The van der Waals surface area contributed by atoms with E-state index in [0.29, 0.717) is 10.8 Å². The molecular weight excluding hydrogens is 613 g/mol. The van der Waals surface area contributed by atoms with Crippen molar-refractivity contribution in [3.63, 3.8) is 0 Å². The fraction of sp³-hybridized carbons (Fsp3) is 0.600. The van der Waals surface area contributed by atoms with Gasteiger partial charge in [0.1, 0.15) is 6.10 Å². The quantitative estimate of drug-likeness (QED) is 0.121. The first-order valence-electron chi connectivity index (χ1n) is 7.38. The first-order chi connectivity index (χ1) is 14.5. The zero-order chi connectivity index (χ0) is 26.9. The van der Waals surface area contributed by atoms with Crippen LogP contribution in [-0.4, -0.2) is 82.4 Å². The predicted octanol–water partition coefficient (Wildman–Crippen LogP) is -2.19. The summed E-state index contributed by atoms with van der Waals surface area (Å²) in [4.78, 5) is 79.4. The average Bonchev–Trinajstić information content (AvgIpc) is 2.81. The summed E-state index contributed by atoms with van der Waals surface area (Å²) in [5.74, 6) is -1.52. The number of nitrogen functional groups attached to an aromatic ring is 1. The standard InChI is InChI=1S/C9H10BrF2N3O3.CH4.3H3O4P/c10-1-4-6(16)5(12)8(18-4)15-2-3(11)7(13)14-9(15)17;;3*1-5(2,3)4/h2,4-6,8,16H,1H2,(H2,13,14,17);1H4;3*(H3,1,2,3,4)/t4-,5-,6+,8+;;;;/m0..../s1. The van der Waals surface area contributed by atoms with E-state index in [1.54, 1.807) is 0 Å². The molecular formula is C10H23BrF2N3O15P3. The largest absolute Gasteiger partial charge is 0.466 e. The van der Waals surface area contributed by atoms with Crippen LogP contribution in [0, 0.1) is 5.82 Å². The Kier molecular flexibility index (Phi) is 17.1. The molecule has 1 fully saturated rings. The van der Waals surface area contributed by atoms with Crippen LogP contribution in [0.3, 0.4) is 0 Å². The van der Waals surface area contributed by atoms with E-state index in [9.17, 15) is 18.7 Å². The van der Waals surface area contributed by atoms with E-state index in [1.165, 1.54) is 0 Å². The van der Waals surface area contributed by atoms with Crippen molar-refractivity contribution in [1.82, 2.24) is 9.55 Å². The van der Waals surface area contributed by atoms with Crippen molar-refractivity contribution in [3.8, 4) is 0 Å². The van der Waals surface area contributed by atoms with Crippen molar-refractivity contribution < 1.29 is 76.4 Å². The summed E-state index contributed by atoms with van der Waals surface area (Å²) in [6.07, 6.45) is -4.78. The number of anilines is 1. The molecule has 0 bridgehead atoms. The van der Waals surface area contributed by atoms with Crippen molar-refractivity contribution in [2.75, 3.05) is 11.1 Å². The lowest BCUT2D eigenvalue weighted by Gasteiger charge is -2.15. The lowest BCUT2D eigenvalue weighted by atomic mass is 10.2. The Morgan fingerprint density at radius 1 is 1.03 bits per heavy atom. The number of alkyl halides is 2. The summed E-state index contributed by atoms with van der Waals surface area (Å²) in [5, 5.41) is 9.70.